The molecule has 0 radical (unpaired) electrons. The van der Waals surface area contributed by atoms with Crippen LogP contribution in [0.15, 0.2) is 29.6 Å². The highest BCUT2D eigenvalue weighted by Gasteiger charge is 2.08. The molecule has 0 fully saturated rings. The molecule has 0 saturated carbocycles. The summed E-state index contributed by atoms with van der Waals surface area (Å²) in [5.74, 6) is 0. The van der Waals surface area contributed by atoms with Gasteiger partial charge in [0.1, 0.15) is 5.65 Å². The van der Waals surface area contributed by atoms with Gasteiger partial charge < -0.3 is 10.7 Å². The zero-order valence-electron chi connectivity index (χ0n) is 10.3. The lowest BCUT2D eigenvalue weighted by molar-refractivity contribution is 1.23. The first kappa shape index (κ1) is 11.4. The fourth-order valence-electron chi connectivity index (χ4n) is 1.70. The molecule has 0 spiro atoms. The van der Waals surface area contributed by atoms with Crippen LogP contribution in [0.25, 0.3) is 11.0 Å². The monoisotopic (exact) mass is 228 g/mol. The first-order valence-corrected chi connectivity index (χ1v) is 5.46. The Morgan fingerprint density at radius 2 is 2.06 bits per heavy atom. The highest BCUT2D eigenvalue weighted by molar-refractivity contribution is 6.11. The van der Waals surface area contributed by atoms with Crippen LogP contribution in [0.2, 0.25) is 0 Å². The number of hydrogen-bond acceptors (Lipinski definition) is 3. The molecule has 0 unspecified atom stereocenters. The van der Waals surface area contributed by atoms with Crippen LogP contribution in [0.1, 0.15) is 25.1 Å². The molecule has 0 aromatic carbocycles. The summed E-state index contributed by atoms with van der Waals surface area (Å²) in [5.41, 5.74) is 10.3. The van der Waals surface area contributed by atoms with Gasteiger partial charge in [0.05, 0.1) is 5.71 Å². The van der Waals surface area contributed by atoms with E-state index in [2.05, 4.69) is 9.97 Å². The second kappa shape index (κ2) is 4.05. The van der Waals surface area contributed by atoms with Gasteiger partial charge in [0.2, 0.25) is 0 Å². The average molecular weight is 228 g/mol. The van der Waals surface area contributed by atoms with E-state index in [4.69, 9.17) is 11.1 Å². The minimum Gasteiger partial charge on any atom is -0.402 e. The second-order valence-electron chi connectivity index (χ2n) is 4.30. The van der Waals surface area contributed by atoms with E-state index in [1.165, 1.54) is 0 Å². The first-order valence-electron chi connectivity index (χ1n) is 5.46. The third kappa shape index (κ3) is 2.06. The van der Waals surface area contributed by atoms with E-state index >= 15 is 0 Å². The van der Waals surface area contributed by atoms with Crippen LogP contribution < -0.4 is 5.73 Å². The van der Waals surface area contributed by atoms with Gasteiger partial charge in [-0.25, -0.2) is 4.98 Å². The zero-order chi connectivity index (χ0) is 12.6. The normalized spacial score (nSPS) is 12.6. The largest absolute Gasteiger partial charge is 0.402 e. The molecule has 0 bridgehead atoms. The van der Waals surface area contributed by atoms with Crippen molar-refractivity contribution in [1.29, 1.82) is 5.41 Å². The van der Waals surface area contributed by atoms with E-state index in [9.17, 15) is 0 Å². The molecule has 4 N–H and O–H groups in total. The predicted molar refractivity (Wildman–Crippen MR) is 70.2 cm³/mol. The van der Waals surface area contributed by atoms with Gasteiger partial charge >= 0.3 is 0 Å². The smallest absolute Gasteiger partial charge is 0.137 e. The fourth-order valence-corrected chi connectivity index (χ4v) is 1.70. The molecule has 0 amide bonds. The molecular weight excluding hydrogens is 212 g/mol. The Morgan fingerprint density at radius 1 is 1.35 bits per heavy atom. The highest BCUT2D eigenvalue weighted by Crippen LogP contribution is 2.16. The standard InChI is InChI=1S/C13H16N4/c1-7-4-10-5-11(6-16-13(10)17-7)12(15)8(2)9(3)14/h4-6,15H,14H2,1-3H3,(H,16,17). The second-order valence-corrected chi connectivity index (χ2v) is 4.30. The number of aromatic nitrogens is 2. The lowest BCUT2D eigenvalue weighted by Crippen LogP contribution is -2.07. The summed E-state index contributed by atoms with van der Waals surface area (Å²) in [4.78, 5) is 7.46. The van der Waals surface area contributed by atoms with Gasteiger partial charge in [0.25, 0.3) is 0 Å². The molecule has 0 aliphatic carbocycles. The maximum Gasteiger partial charge on any atom is 0.137 e. The SMILES string of the molecule is CC(N)=C(C)C(=N)c1cnc2[nH]c(C)cc2c1. The van der Waals surface area contributed by atoms with Gasteiger partial charge in [-0.15, -0.1) is 0 Å². The number of aryl methyl sites for hydroxylation is 1. The van der Waals surface area contributed by atoms with E-state index in [1.807, 2.05) is 26.0 Å². The van der Waals surface area contributed by atoms with Gasteiger partial charge in [0, 0.05) is 28.5 Å². The molecule has 0 saturated heterocycles. The van der Waals surface area contributed by atoms with E-state index in [1.54, 1.807) is 13.1 Å². The minimum atomic E-state index is 0.429. The number of nitrogens with two attached hydrogens (primary N) is 1. The summed E-state index contributed by atoms with van der Waals surface area (Å²) < 4.78 is 0. The topological polar surface area (TPSA) is 78.6 Å². The number of aromatic amines is 1. The number of pyridine rings is 1. The van der Waals surface area contributed by atoms with E-state index < -0.39 is 0 Å². The fraction of sp³-hybridized carbons (Fsp3) is 0.231. The summed E-state index contributed by atoms with van der Waals surface area (Å²) in [6, 6.07) is 3.98. The zero-order valence-corrected chi connectivity index (χ0v) is 10.3. The number of rotatable bonds is 2. The quantitative estimate of drug-likeness (QED) is 0.690. The predicted octanol–water partition coefficient (Wildman–Crippen LogP) is 2.49. The molecular formula is C13H16N4. The van der Waals surface area contributed by atoms with Crippen molar-refractivity contribution in [3.05, 3.63) is 40.9 Å². The van der Waals surface area contributed by atoms with Gasteiger partial charge in [-0.3, -0.25) is 5.41 Å². The molecule has 2 aromatic rings. The number of H-pyrrole nitrogens is 1. The van der Waals surface area contributed by atoms with Crippen molar-refractivity contribution in [3.8, 4) is 0 Å². The molecule has 0 aliphatic heterocycles. The summed E-state index contributed by atoms with van der Waals surface area (Å²) in [5, 5.41) is 9.08. The number of hydrogen-bond donors (Lipinski definition) is 3. The van der Waals surface area contributed by atoms with Crippen molar-refractivity contribution in [3.63, 3.8) is 0 Å². The van der Waals surface area contributed by atoms with Crippen molar-refractivity contribution >= 4 is 16.7 Å². The van der Waals surface area contributed by atoms with Crippen LogP contribution in [0, 0.1) is 12.3 Å². The first-order chi connectivity index (χ1) is 7.99. The van der Waals surface area contributed by atoms with E-state index in [-0.39, 0.29) is 0 Å². The van der Waals surface area contributed by atoms with Crippen LogP contribution in [-0.2, 0) is 0 Å². The van der Waals surface area contributed by atoms with Crippen LogP contribution >= 0.6 is 0 Å². The van der Waals surface area contributed by atoms with E-state index in [0.29, 0.717) is 11.4 Å². The van der Waals surface area contributed by atoms with E-state index in [0.717, 1.165) is 27.9 Å². The van der Waals surface area contributed by atoms with Crippen LogP contribution in [0.5, 0.6) is 0 Å². The Bertz CT molecular complexity index is 615. The number of fused-ring (bicyclic) bond motifs is 1. The summed E-state index contributed by atoms with van der Waals surface area (Å²) >= 11 is 0. The van der Waals surface area contributed by atoms with Gasteiger partial charge in [-0.05, 0) is 38.5 Å². The third-order valence-electron chi connectivity index (χ3n) is 2.86. The molecule has 4 heteroatoms. The Kier molecular flexibility index (Phi) is 2.71. The number of allylic oxidation sites excluding steroid dienone is 2. The van der Waals surface area contributed by atoms with Crippen LogP contribution in [0.4, 0.5) is 0 Å². The van der Waals surface area contributed by atoms with Crippen molar-refractivity contribution in [2.45, 2.75) is 20.8 Å². The Morgan fingerprint density at radius 3 is 2.71 bits per heavy atom. The molecule has 4 nitrogen and oxygen atoms in total. The molecule has 2 heterocycles. The molecule has 2 rings (SSSR count). The van der Waals surface area contributed by atoms with Gasteiger partial charge in [-0.1, -0.05) is 0 Å². The Labute approximate surface area is 100 Å². The van der Waals surface area contributed by atoms with Gasteiger partial charge in [0.15, 0.2) is 0 Å². The molecule has 0 aliphatic rings. The maximum atomic E-state index is 8.06. The molecule has 0 atom stereocenters. The molecule has 17 heavy (non-hydrogen) atoms. The van der Waals surface area contributed by atoms with Crippen molar-refractivity contribution < 1.29 is 0 Å². The maximum absolute atomic E-state index is 8.06. The highest BCUT2D eigenvalue weighted by atomic mass is 14.8. The Balaban J connectivity index is 2.50. The van der Waals surface area contributed by atoms with Crippen molar-refractivity contribution in [1.82, 2.24) is 9.97 Å². The number of nitrogens with zero attached hydrogens (tertiary/aromatic N) is 1. The van der Waals surface area contributed by atoms with Crippen LogP contribution in [-0.4, -0.2) is 15.7 Å². The lowest BCUT2D eigenvalue weighted by Gasteiger charge is -2.06. The summed E-state index contributed by atoms with van der Waals surface area (Å²) in [6.45, 7) is 5.64. The molecule has 88 valence electrons. The average Bonchev–Trinajstić information content (AvgIpc) is 2.65. The minimum absolute atomic E-state index is 0.429. The Hall–Kier alpha value is -2.10. The lowest BCUT2D eigenvalue weighted by atomic mass is 10.0. The molecule has 2 aromatic heterocycles. The van der Waals surface area contributed by atoms with Crippen molar-refractivity contribution in [2.24, 2.45) is 5.73 Å². The summed E-state index contributed by atoms with van der Waals surface area (Å²) in [7, 11) is 0. The van der Waals surface area contributed by atoms with Crippen molar-refractivity contribution in [2.75, 3.05) is 0 Å². The van der Waals surface area contributed by atoms with Gasteiger partial charge in [-0.2, -0.15) is 0 Å². The third-order valence-corrected chi connectivity index (χ3v) is 2.86. The summed E-state index contributed by atoms with van der Waals surface area (Å²) in [6.07, 6.45) is 1.70. The van der Waals surface area contributed by atoms with Crippen LogP contribution in [0.3, 0.4) is 0 Å². The number of nitrogens with one attached hydrogen (secondary N) is 2.